The Morgan fingerprint density at radius 2 is 1.76 bits per heavy atom. The second-order valence-electron chi connectivity index (χ2n) is 6.34. The maximum absolute atomic E-state index is 13.2. The molecule has 1 amide bonds. The van der Waals surface area contributed by atoms with Gasteiger partial charge < -0.3 is 10.1 Å². The zero-order valence-corrected chi connectivity index (χ0v) is 17.3. The second-order valence-corrected chi connectivity index (χ2v) is 7.25. The summed E-state index contributed by atoms with van der Waals surface area (Å²) in [5.41, 5.74) is 3.40. The molecule has 1 aromatic heterocycles. The highest BCUT2D eigenvalue weighted by Gasteiger charge is 2.20. The fourth-order valence-corrected chi connectivity index (χ4v) is 3.44. The van der Waals surface area contributed by atoms with Crippen LogP contribution in [0, 0.1) is 0 Å². The van der Waals surface area contributed by atoms with Gasteiger partial charge in [0.1, 0.15) is 11.4 Å². The van der Waals surface area contributed by atoms with Crippen molar-refractivity contribution in [2.75, 3.05) is 12.4 Å². The monoisotopic (exact) mass is 447 g/mol. The third kappa shape index (κ3) is 4.07. The standard InChI is InChI=1S/C23H18BrN3O2/c1-29-21-13-6-5-12-20(21)25-23(28)19-15-27(18-10-3-2-4-11-18)26-22(19)16-8-7-9-17(24)14-16/h2-15H,1H3,(H,25,28). The minimum atomic E-state index is -0.258. The predicted octanol–water partition coefficient (Wildman–Crippen LogP) is 5.56. The van der Waals surface area contributed by atoms with Crippen LogP contribution >= 0.6 is 15.9 Å². The van der Waals surface area contributed by atoms with Crippen LogP contribution in [0.1, 0.15) is 10.4 Å². The van der Waals surface area contributed by atoms with Crippen molar-refractivity contribution in [2.45, 2.75) is 0 Å². The maximum atomic E-state index is 13.2. The van der Waals surface area contributed by atoms with Gasteiger partial charge in [-0.3, -0.25) is 4.79 Å². The number of nitrogens with zero attached hydrogens (tertiary/aromatic N) is 2. The molecule has 0 bridgehead atoms. The Morgan fingerprint density at radius 3 is 2.52 bits per heavy atom. The molecule has 0 atom stereocenters. The fraction of sp³-hybridized carbons (Fsp3) is 0.0435. The SMILES string of the molecule is COc1ccccc1NC(=O)c1cn(-c2ccccc2)nc1-c1cccc(Br)c1. The molecule has 0 spiro atoms. The van der Waals surface area contributed by atoms with Crippen molar-refractivity contribution in [1.29, 1.82) is 0 Å². The van der Waals surface area contributed by atoms with E-state index in [-0.39, 0.29) is 5.91 Å². The van der Waals surface area contributed by atoms with Crippen LogP contribution in [0.15, 0.2) is 89.5 Å². The lowest BCUT2D eigenvalue weighted by molar-refractivity contribution is 0.102. The van der Waals surface area contributed by atoms with Gasteiger partial charge in [-0.05, 0) is 36.4 Å². The first-order valence-electron chi connectivity index (χ1n) is 9.01. The molecule has 3 aromatic carbocycles. The van der Waals surface area contributed by atoms with Crippen molar-refractivity contribution in [1.82, 2.24) is 9.78 Å². The molecule has 144 valence electrons. The number of methoxy groups -OCH3 is 1. The van der Waals surface area contributed by atoms with E-state index >= 15 is 0 Å². The molecule has 0 aliphatic carbocycles. The predicted molar refractivity (Wildman–Crippen MR) is 118 cm³/mol. The van der Waals surface area contributed by atoms with E-state index in [2.05, 4.69) is 21.2 Å². The Bertz CT molecular complexity index is 1160. The molecule has 1 N–H and O–H groups in total. The lowest BCUT2D eigenvalue weighted by atomic mass is 10.1. The Morgan fingerprint density at radius 1 is 1.00 bits per heavy atom. The van der Waals surface area contributed by atoms with Crippen LogP contribution in [0.3, 0.4) is 0 Å². The van der Waals surface area contributed by atoms with Gasteiger partial charge in [-0.25, -0.2) is 4.68 Å². The lowest BCUT2D eigenvalue weighted by Gasteiger charge is -2.09. The normalized spacial score (nSPS) is 10.6. The number of ether oxygens (including phenoxy) is 1. The van der Waals surface area contributed by atoms with Gasteiger partial charge >= 0.3 is 0 Å². The van der Waals surface area contributed by atoms with E-state index in [9.17, 15) is 4.79 Å². The van der Waals surface area contributed by atoms with E-state index in [0.29, 0.717) is 22.7 Å². The van der Waals surface area contributed by atoms with Crippen LogP contribution in [0.25, 0.3) is 16.9 Å². The lowest BCUT2D eigenvalue weighted by Crippen LogP contribution is -2.13. The Hall–Kier alpha value is -3.38. The van der Waals surface area contributed by atoms with Crippen LogP contribution < -0.4 is 10.1 Å². The first kappa shape index (κ1) is 19.0. The molecular weight excluding hydrogens is 430 g/mol. The molecule has 0 aliphatic rings. The van der Waals surface area contributed by atoms with Gasteiger partial charge in [0.15, 0.2) is 0 Å². The van der Waals surface area contributed by atoms with Crippen LogP contribution in [-0.4, -0.2) is 22.8 Å². The van der Waals surface area contributed by atoms with Crippen LogP contribution in [0.5, 0.6) is 5.75 Å². The second kappa shape index (κ2) is 8.32. The van der Waals surface area contributed by atoms with Crippen molar-refractivity contribution < 1.29 is 9.53 Å². The largest absolute Gasteiger partial charge is 0.495 e. The minimum absolute atomic E-state index is 0.258. The fourth-order valence-electron chi connectivity index (χ4n) is 3.04. The first-order chi connectivity index (χ1) is 14.2. The number of aromatic nitrogens is 2. The first-order valence-corrected chi connectivity index (χ1v) is 9.80. The topological polar surface area (TPSA) is 56.1 Å². The van der Waals surface area contributed by atoms with E-state index in [4.69, 9.17) is 9.84 Å². The van der Waals surface area contributed by atoms with Gasteiger partial charge in [-0.1, -0.05) is 58.4 Å². The van der Waals surface area contributed by atoms with Crippen LogP contribution in [0.2, 0.25) is 0 Å². The summed E-state index contributed by atoms with van der Waals surface area (Å²) in [6.07, 6.45) is 1.75. The van der Waals surface area contributed by atoms with Crippen molar-refractivity contribution in [2.24, 2.45) is 0 Å². The number of para-hydroxylation sites is 3. The molecule has 0 aliphatic heterocycles. The van der Waals surface area contributed by atoms with Crippen molar-refractivity contribution >= 4 is 27.5 Å². The zero-order valence-electron chi connectivity index (χ0n) is 15.7. The number of benzene rings is 3. The number of anilines is 1. The summed E-state index contributed by atoms with van der Waals surface area (Å²) in [5, 5.41) is 7.64. The number of carbonyl (C=O) groups excluding carboxylic acids is 1. The number of halogens is 1. The third-order valence-electron chi connectivity index (χ3n) is 4.43. The number of carbonyl (C=O) groups is 1. The summed E-state index contributed by atoms with van der Waals surface area (Å²) in [5.74, 6) is 0.340. The van der Waals surface area contributed by atoms with Crippen molar-refractivity contribution in [3.63, 3.8) is 0 Å². The molecule has 0 fully saturated rings. The van der Waals surface area contributed by atoms with Crippen molar-refractivity contribution in [3.05, 3.63) is 95.1 Å². The Kier molecular flexibility index (Phi) is 5.44. The summed E-state index contributed by atoms with van der Waals surface area (Å²) < 4.78 is 7.98. The molecule has 0 unspecified atom stereocenters. The molecule has 0 radical (unpaired) electrons. The minimum Gasteiger partial charge on any atom is -0.495 e. The summed E-state index contributed by atoms with van der Waals surface area (Å²) in [6.45, 7) is 0. The molecule has 0 saturated heterocycles. The van der Waals surface area contributed by atoms with Crippen molar-refractivity contribution in [3.8, 4) is 22.7 Å². The number of amides is 1. The highest BCUT2D eigenvalue weighted by Crippen LogP contribution is 2.29. The molecule has 29 heavy (non-hydrogen) atoms. The van der Waals surface area contributed by atoms with Gasteiger partial charge in [-0.15, -0.1) is 0 Å². The summed E-state index contributed by atoms with van der Waals surface area (Å²) in [7, 11) is 1.57. The van der Waals surface area contributed by atoms with Crippen LogP contribution in [0.4, 0.5) is 5.69 Å². The van der Waals surface area contributed by atoms with E-state index in [1.165, 1.54) is 0 Å². The molecule has 6 heteroatoms. The Labute approximate surface area is 177 Å². The van der Waals surface area contributed by atoms with E-state index in [1.807, 2.05) is 66.7 Å². The molecule has 4 aromatic rings. The molecule has 5 nitrogen and oxygen atoms in total. The average Bonchev–Trinajstić information content (AvgIpc) is 3.20. The molecular formula is C23H18BrN3O2. The summed E-state index contributed by atoms with van der Waals surface area (Å²) in [4.78, 5) is 13.2. The van der Waals surface area contributed by atoms with Crippen LogP contribution in [-0.2, 0) is 0 Å². The number of hydrogen-bond donors (Lipinski definition) is 1. The highest BCUT2D eigenvalue weighted by molar-refractivity contribution is 9.10. The van der Waals surface area contributed by atoms with Gasteiger partial charge in [-0.2, -0.15) is 5.10 Å². The van der Waals surface area contributed by atoms with Gasteiger partial charge in [0.2, 0.25) is 0 Å². The summed E-state index contributed by atoms with van der Waals surface area (Å²) >= 11 is 3.49. The Balaban J connectivity index is 1.78. The highest BCUT2D eigenvalue weighted by atomic mass is 79.9. The number of nitrogens with one attached hydrogen (secondary N) is 1. The summed E-state index contributed by atoms with van der Waals surface area (Å²) in [6, 6.07) is 24.7. The number of rotatable bonds is 5. The smallest absolute Gasteiger partial charge is 0.259 e. The van der Waals surface area contributed by atoms with Gasteiger partial charge in [0.05, 0.1) is 24.0 Å². The zero-order chi connectivity index (χ0) is 20.2. The van der Waals surface area contributed by atoms with E-state index < -0.39 is 0 Å². The maximum Gasteiger partial charge on any atom is 0.259 e. The van der Waals surface area contributed by atoms with E-state index in [0.717, 1.165) is 15.7 Å². The molecule has 0 saturated carbocycles. The van der Waals surface area contributed by atoms with Gasteiger partial charge in [0, 0.05) is 16.2 Å². The molecule has 4 rings (SSSR count). The third-order valence-corrected chi connectivity index (χ3v) is 4.93. The van der Waals surface area contributed by atoms with E-state index in [1.54, 1.807) is 30.1 Å². The average molecular weight is 448 g/mol. The molecule has 1 heterocycles. The van der Waals surface area contributed by atoms with Gasteiger partial charge in [0.25, 0.3) is 5.91 Å². The quantitative estimate of drug-likeness (QED) is 0.435. The number of hydrogen-bond acceptors (Lipinski definition) is 3.